The third kappa shape index (κ3) is 2.72. The predicted octanol–water partition coefficient (Wildman–Crippen LogP) is 2.87. The topological polar surface area (TPSA) is 55.2 Å². The van der Waals surface area contributed by atoms with Gasteiger partial charge in [0, 0.05) is 6.07 Å². The van der Waals surface area contributed by atoms with Gasteiger partial charge in [0.05, 0.1) is 22.8 Å². The van der Waals surface area contributed by atoms with Gasteiger partial charge in [0.15, 0.2) is 0 Å². The van der Waals surface area contributed by atoms with Gasteiger partial charge in [-0.15, -0.1) is 10.2 Å². The Labute approximate surface area is 114 Å². The molecule has 2 rings (SSSR count). The summed E-state index contributed by atoms with van der Waals surface area (Å²) in [5, 5.41) is 18.6. The van der Waals surface area contributed by atoms with Gasteiger partial charge in [-0.05, 0) is 23.8 Å². The Morgan fingerprint density at radius 1 is 1.11 bits per heavy atom. The first-order valence-corrected chi connectivity index (χ1v) is 5.88. The molecule has 0 saturated carbocycles. The molecule has 1 unspecified atom stereocenters. The molecule has 1 aromatic heterocycles. The van der Waals surface area contributed by atoms with Gasteiger partial charge in [-0.2, -0.15) is 0 Å². The Balaban J connectivity index is 2.28. The molecule has 6 heteroatoms. The van der Waals surface area contributed by atoms with E-state index in [9.17, 15) is 5.11 Å². The van der Waals surface area contributed by atoms with Crippen LogP contribution in [0.1, 0.15) is 17.4 Å². The molecule has 0 radical (unpaired) electrons. The Hall–Kier alpha value is -1.36. The molecule has 4 nitrogen and oxygen atoms in total. The molecule has 1 aromatic carbocycles. The first kappa shape index (κ1) is 13.1. The first-order valence-electron chi connectivity index (χ1n) is 5.12. The Morgan fingerprint density at radius 3 is 2.44 bits per heavy atom. The van der Waals surface area contributed by atoms with E-state index in [4.69, 9.17) is 27.9 Å². The number of benzene rings is 1. The van der Waals surface area contributed by atoms with E-state index < -0.39 is 6.10 Å². The van der Waals surface area contributed by atoms with Crippen molar-refractivity contribution in [2.24, 2.45) is 0 Å². The molecular formula is C12H10Cl2N2O2. The molecule has 0 spiro atoms. The van der Waals surface area contributed by atoms with Gasteiger partial charge in [-0.3, -0.25) is 0 Å². The zero-order valence-electron chi connectivity index (χ0n) is 9.47. The summed E-state index contributed by atoms with van der Waals surface area (Å²) in [5.74, 6) is 0.389. The fourth-order valence-electron chi connectivity index (χ4n) is 1.44. The summed E-state index contributed by atoms with van der Waals surface area (Å²) in [5.41, 5.74) is 1.01. The fraction of sp³-hybridized carbons (Fsp3) is 0.167. The number of ether oxygens (including phenoxy) is 1. The fourth-order valence-corrected chi connectivity index (χ4v) is 1.74. The van der Waals surface area contributed by atoms with Crippen molar-refractivity contribution in [3.63, 3.8) is 0 Å². The van der Waals surface area contributed by atoms with Gasteiger partial charge in [0.2, 0.25) is 5.88 Å². The molecule has 1 heterocycles. The van der Waals surface area contributed by atoms with Crippen molar-refractivity contribution < 1.29 is 9.84 Å². The minimum atomic E-state index is -0.904. The van der Waals surface area contributed by atoms with Crippen molar-refractivity contribution in [1.82, 2.24) is 10.2 Å². The van der Waals surface area contributed by atoms with Gasteiger partial charge >= 0.3 is 0 Å². The second-order valence-corrected chi connectivity index (χ2v) is 4.39. The largest absolute Gasteiger partial charge is 0.480 e. The molecular weight excluding hydrogens is 275 g/mol. The molecule has 18 heavy (non-hydrogen) atoms. The van der Waals surface area contributed by atoms with Crippen LogP contribution in [0.2, 0.25) is 10.0 Å². The van der Waals surface area contributed by atoms with Crippen molar-refractivity contribution in [2.45, 2.75) is 6.10 Å². The van der Waals surface area contributed by atoms with Crippen LogP contribution in [0.3, 0.4) is 0 Å². The van der Waals surface area contributed by atoms with Crippen molar-refractivity contribution in [3.8, 4) is 5.88 Å². The zero-order valence-corrected chi connectivity index (χ0v) is 11.0. The number of halogens is 2. The molecule has 94 valence electrons. The number of aliphatic hydroxyl groups excluding tert-OH is 1. The lowest BCUT2D eigenvalue weighted by Crippen LogP contribution is -2.04. The van der Waals surface area contributed by atoms with E-state index in [1.54, 1.807) is 30.3 Å². The molecule has 0 saturated heterocycles. The average molecular weight is 285 g/mol. The van der Waals surface area contributed by atoms with Crippen LogP contribution in [0.25, 0.3) is 0 Å². The van der Waals surface area contributed by atoms with Crippen molar-refractivity contribution in [3.05, 3.63) is 51.6 Å². The van der Waals surface area contributed by atoms with E-state index in [1.165, 1.54) is 7.11 Å². The first-order chi connectivity index (χ1) is 8.61. The lowest BCUT2D eigenvalue weighted by atomic mass is 10.1. The highest BCUT2D eigenvalue weighted by molar-refractivity contribution is 6.42. The van der Waals surface area contributed by atoms with Crippen molar-refractivity contribution in [1.29, 1.82) is 0 Å². The second kappa shape index (κ2) is 5.52. The highest BCUT2D eigenvalue weighted by Crippen LogP contribution is 2.28. The third-order valence-electron chi connectivity index (χ3n) is 2.41. The average Bonchev–Trinajstić information content (AvgIpc) is 2.41. The normalized spacial score (nSPS) is 12.2. The lowest BCUT2D eigenvalue weighted by molar-refractivity contribution is 0.213. The highest BCUT2D eigenvalue weighted by Gasteiger charge is 2.14. The number of hydrogen-bond donors (Lipinski definition) is 1. The van der Waals surface area contributed by atoms with E-state index in [2.05, 4.69) is 10.2 Å². The molecule has 0 amide bonds. The maximum atomic E-state index is 10.1. The third-order valence-corrected chi connectivity index (χ3v) is 3.15. The maximum Gasteiger partial charge on any atom is 0.233 e. The lowest BCUT2D eigenvalue weighted by Gasteiger charge is -2.10. The standard InChI is InChI=1S/C12H10Cl2N2O2/c1-18-11-5-4-10(15-16-11)12(17)7-2-3-8(13)9(14)6-7/h2-6,12,17H,1H3. The molecule has 0 aliphatic rings. The smallest absolute Gasteiger partial charge is 0.233 e. The zero-order chi connectivity index (χ0) is 13.1. The quantitative estimate of drug-likeness (QED) is 0.942. The van der Waals surface area contributed by atoms with E-state index in [1.807, 2.05) is 0 Å². The van der Waals surface area contributed by atoms with E-state index in [0.717, 1.165) is 0 Å². The Bertz CT molecular complexity index is 546. The van der Waals surface area contributed by atoms with E-state index >= 15 is 0 Å². The van der Waals surface area contributed by atoms with Crippen LogP contribution in [0.5, 0.6) is 5.88 Å². The SMILES string of the molecule is COc1ccc(C(O)c2ccc(Cl)c(Cl)c2)nn1. The van der Waals surface area contributed by atoms with Crippen molar-refractivity contribution >= 4 is 23.2 Å². The van der Waals surface area contributed by atoms with Crippen LogP contribution in [0.4, 0.5) is 0 Å². The highest BCUT2D eigenvalue weighted by atomic mass is 35.5. The minimum Gasteiger partial charge on any atom is -0.480 e. The van der Waals surface area contributed by atoms with Gasteiger partial charge in [-0.1, -0.05) is 29.3 Å². The molecule has 0 aliphatic carbocycles. The number of hydrogen-bond acceptors (Lipinski definition) is 4. The van der Waals surface area contributed by atoms with Crippen LogP contribution in [-0.4, -0.2) is 22.4 Å². The van der Waals surface area contributed by atoms with Crippen LogP contribution >= 0.6 is 23.2 Å². The minimum absolute atomic E-state index is 0.384. The molecule has 2 aromatic rings. The van der Waals surface area contributed by atoms with Crippen LogP contribution in [-0.2, 0) is 0 Å². The van der Waals surface area contributed by atoms with Crippen LogP contribution in [0, 0.1) is 0 Å². The maximum absolute atomic E-state index is 10.1. The Morgan fingerprint density at radius 2 is 1.89 bits per heavy atom. The summed E-state index contributed by atoms with van der Waals surface area (Å²) < 4.78 is 4.90. The van der Waals surface area contributed by atoms with Crippen molar-refractivity contribution in [2.75, 3.05) is 7.11 Å². The number of aliphatic hydroxyl groups is 1. The summed E-state index contributed by atoms with van der Waals surface area (Å²) >= 11 is 11.7. The molecule has 1 atom stereocenters. The second-order valence-electron chi connectivity index (χ2n) is 3.58. The van der Waals surface area contributed by atoms with Gasteiger partial charge in [0.1, 0.15) is 6.10 Å². The summed E-state index contributed by atoms with van der Waals surface area (Å²) in [4.78, 5) is 0. The van der Waals surface area contributed by atoms with Gasteiger partial charge in [0.25, 0.3) is 0 Å². The molecule has 0 fully saturated rings. The summed E-state index contributed by atoms with van der Waals surface area (Å²) in [6, 6.07) is 8.17. The molecule has 0 bridgehead atoms. The summed E-state index contributed by atoms with van der Waals surface area (Å²) in [6.45, 7) is 0. The number of methoxy groups -OCH3 is 1. The van der Waals surface area contributed by atoms with Crippen LogP contribution in [0.15, 0.2) is 30.3 Å². The molecule has 0 aliphatic heterocycles. The van der Waals surface area contributed by atoms with E-state index in [-0.39, 0.29) is 0 Å². The number of nitrogens with zero attached hydrogens (tertiary/aromatic N) is 2. The van der Waals surface area contributed by atoms with E-state index in [0.29, 0.717) is 27.2 Å². The number of aromatic nitrogens is 2. The summed E-state index contributed by atoms with van der Waals surface area (Å²) in [7, 11) is 1.50. The van der Waals surface area contributed by atoms with Gasteiger partial charge in [-0.25, -0.2) is 0 Å². The van der Waals surface area contributed by atoms with Gasteiger partial charge < -0.3 is 9.84 Å². The Kier molecular flexibility index (Phi) is 4.01. The number of rotatable bonds is 3. The predicted molar refractivity (Wildman–Crippen MR) is 69.1 cm³/mol. The monoisotopic (exact) mass is 284 g/mol. The molecule has 1 N–H and O–H groups in total. The summed E-state index contributed by atoms with van der Waals surface area (Å²) in [6.07, 6.45) is -0.904. The van der Waals surface area contributed by atoms with Crippen LogP contribution < -0.4 is 4.74 Å².